The van der Waals surface area contributed by atoms with Crippen molar-refractivity contribution in [2.75, 3.05) is 33.3 Å². The van der Waals surface area contributed by atoms with E-state index in [-0.39, 0.29) is 6.09 Å². The molecule has 0 radical (unpaired) electrons. The number of amides is 1. The highest BCUT2D eigenvalue weighted by molar-refractivity contribution is 5.79. The van der Waals surface area contributed by atoms with E-state index in [9.17, 15) is 4.79 Å². The number of aryl methyl sites for hydroxylation is 1. The summed E-state index contributed by atoms with van der Waals surface area (Å²) in [6, 6.07) is 8.10. The Labute approximate surface area is 169 Å². The van der Waals surface area contributed by atoms with Gasteiger partial charge in [-0.25, -0.2) is 4.79 Å². The number of rotatable bonds is 10. The molecule has 0 aromatic heterocycles. The number of nitrogens with zero attached hydrogens (tertiary/aromatic N) is 1. The molecular weight excluding hydrogens is 356 g/mol. The topological polar surface area (TPSA) is 84.0 Å². The van der Waals surface area contributed by atoms with Crippen molar-refractivity contribution in [2.24, 2.45) is 4.99 Å². The van der Waals surface area contributed by atoms with Crippen LogP contribution in [0.4, 0.5) is 4.79 Å². The van der Waals surface area contributed by atoms with Crippen LogP contribution in [-0.4, -0.2) is 50.9 Å². The number of nitrogens with one attached hydrogen (secondary N) is 3. The number of hydrogen-bond donors (Lipinski definition) is 3. The summed E-state index contributed by atoms with van der Waals surface area (Å²) in [6.45, 7) is 10.4. The standard InChI is InChI=1S/C21H36N4O3/c1-17-9-11-18(12-10-17)27-16-7-6-13-23-19(22-5)24-14-8-15-25-20(26)28-21(2,3)4/h9-12H,6-8,13-16H2,1-5H3,(H,25,26)(H2,22,23,24). The monoisotopic (exact) mass is 392 g/mol. The summed E-state index contributed by atoms with van der Waals surface area (Å²) < 4.78 is 10.9. The van der Waals surface area contributed by atoms with Crippen molar-refractivity contribution in [3.63, 3.8) is 0 Å². The van der Waals surface area contributed by atoms with Gasteiger partial charge in [0.15, 0.2) is 5.96 Å². The molecule has 1 aromatic rings. The fourth-order valence-corrected chi connectivity index (χ4v) is 2.28. The Bertz CT molecular complexity index is 595. The highest BCUT2D eigenvalue weighted by Gasteiger charge is 2.15. The molecule has 0 atom stereocenters. The van der Waals surface area contributed by atoms with Gasteiger partial charge < -0.3 is 25.4 Å². The number of guanidine groups is 1. The molecule has 1 rings (SSSR count). The van der Waals surface area contributed by atoms with E-state index < -0.39 is 5.60 Å². The van der Waals surface area contributed by atoms with Crippen LogP contribution in [0.3, 0.4) is 0 Å². The summed E-state index contributed by atoms with van der Waals surface area (Å²) in [6.07, 6.45) is 2.36. The first-order valence-electron chi connectivity index (χ1n) is 9.91. The van der Waals surface area contributed by atoms with Crippen molar-refractivity contribution in [3.8, 4) is 5.75 Å². The first-order chi connectivity index (χ1) is 13.3. The van der Waals surface area contributed by atoms with Crippen molar-refractivity contribution in [2.45, 2.75) is 52.6 Å². The predicted octanol–water partition coefficient (Wildman–Crippen LogP) is 3.23. The van der Waals surface area contributed by atoms with Crippen LogP contribution in [0.15, 0.2) is 29.3 Å². The SMILES string of the molecule is CN=C(NCCCCOc1ccc(C)cc1)NCCCNC(=O)OC(C)(C)C. The van der Waals surface area contributed by atoms with E-state index in [1.165, 1.54) is 5.56 Å². The van der Waals surface area contributed by atoms with Gasteiger partial charge in [-0.15, -0.1) is 0 Å². The Morgan fingerprint density at radius 3 is 2.18 bits per heavy atom. The van der Waals surface area contributed by atoms with Gasteiger partial charge in [-0.3, -0.25) is 4.99 Å². The summed E-state index contributed by atoms with van der Waals surface area (Å²) >= 11 is 0. The third-order valence-corrected chi connectivity index (χ3v) is 3.69. The summed E-state index contributed by atoms with van der Waals surface area (Å²) in [5.41, 5.74) is 0.760. The minimum absolute atomic E-state index is 0.386. The van der Waals surface area contributed by atoms with Gasteiger partial charge in [0.05, 0.1) is 6.61 Å². The highest BCUT2D eigenvalue weighted by atomic mass is 16.6. The molecule has 0 aliphatic carbocycles. The second-order valence-corrected chi connectivity index (χ2v) is 7.58. The summed E-state index contributed by atoms with van der Waals surface area (Å²) in [7, 11) is 1.74. The largest absolute Gasteiger partial charge is 0.494 e. The number of alkyl carbamates (subject to hydrolysis) is 1. The first kappa shape index (κ1) is 23.6. The molecule has 0 aliphatic rings. The molecule has 7 heteroatoms. The third kappa shape index (κ3) is 12.0. The Hall–Kier alpha value is -2.44. The van der Waals surface area contributed by atoms with Crippen LogP contribution in [-0.2, 0) is 4.74 Å². The Morgan fingerprint density at radius 2 is 1.57 bits per heavy atom. The van der Waals surface area contributed by atoms with Gasteiger partial charge in [0.2, 0.25) is 0 Å². The molecule has 158 valence electrons. The normalized spacial score (nSPS) is 11.7. The predicted molar refractivity (Wildman–Crippen MR) is 114 cm³/mol. The van der Waals surface area contributed by atoms with Gasteiger partial charge in [-0.2, -0.15) is 0 Å². The Balaban J connectivity index is 2.03. The Kier molecular flexibility index (Phi) is 10.8. The van der Waals surface area contributed by atoms with E-state index in [1.807, 2.05) is 32.9 Å². The van der Waals surface area contributed by atoms with E-state index in [1.54, 1.807) is 7.05 Å². The maximum atomic E-state index is 11.5. The Morgan fingerprint density at radius 1 is 0.964 bits per heavy atom. The average Bonchev–Trinajstić information content (AvgIpc) is 2.62. The van der Waals surface area contributed by atoms with Crippen LogP contribution in [0, 0.1) is 6.92 Å². The number of hydrogen-bond acceptors (Lipinski definition) is 4. The van der Waals surface area contributed by atoms with Crippen LogP contribution in [0.5, 0.6) is 5.75 Å². The van der Waals surface area contributed by atoms with E-state index in [0.717, 1.165) is 37.5 Å². The van der Waals surface area contributed by atoms with Gasteiger partial charge in [0.1, 0.15) is 11.4 Å². The van der Waals surface area contributed by atoms with Crippen molar-refractivity contribution in [1.82, 2.24) is 16.0 Å². The smallest absolute Gasteiger partial charge is 0.407 e. The molecule has 1 aromatic carbocycles. The van der Waals surface area contributed by atoms with Gasteiger partial charge in [0, 0.05) is 26.7 Å². The maximum absolute atomic E-state index is 11.5. The molecule has 0 unspecified atom stereocenters. The van der Waals surface area contributed by atoms with Crippen LogP contribution in [0.2, 0.25) is 0 Å². The number of ether oxygens (including phenoxy) is 2. The lowest BCUT2D eigenvalue weighted by Gasteiger charge is -2.19. The summed E-state index contributed by atoms with van der Waals surface area (Å²) in [4.78, 5) is 15.7. The van der Waals surface area contributed by atoms with Gasteiger partial charge in [0.25, 0.3) is 0 Å². The van der Waals surface area contributed by atoms with Gasteiger partial charge in [-0.05, 0) is 59.1 Å². The van der Waals surface area contributed by atoms with Crippen LogP contribution >= 0.6 is 0 Å². The van der Waals surface area contributed by atoms with Crippen molar-refractivity contribution in [3.05, 3.63) is 29.8 Å². The molecule has 0 spiro atoms. The summed E-state index contributed by atoms with van der Waals surface area (Å²) in [5, 5.41) is 9.25. The van der Waals surface area contributed by atoms with E-state index in [4.69, 9.17) is 9.47 Å². The number of carbonyl (C=O) groups excluding carboxylic acids is 1. The van der Waals surface area contributed by atoms with Gasteiger partial charge >= 0.3 is 6.09 Å². The lowest BCUT2D eigenvalue weighted by Crippen LogP contribution is -2.39. The zero-order valence-electron chi connectivity index (χ0n) is 17.9. The van der Waals surface area contributed by atoms with Crippen molar-refractivity contribution < 1.29 is 14.3 Å². The fourth-order valence-electron chi connectivity index (χ4n) is 2.28. The molecule has 0 saturated heterocycles. The third-order valence-electron chi connectivity index (χ3n) is 3.69. The molecule has 0 heterocycles. The van der Waals surface area contributed by atoms with Crippen LogP contribution in [0.25, 0.3) is 0 Å². The molecule has 0 bridgehead atoms. The molecule has 28 heavy (non-hydrogen) atoms. The van der Waals surface area contributed by atoms with E-state index in [2.05, 4.69) is 40.0 Å². The molecule has 0 aliphatic heterocycles. The first-order valence-corrected chi connectivity index (χ1v) is 9.91. The molecule has 0 saturated carbocycles. The quantitative estimate of drug-likeness (QED) is 0.323. The van der Waals surface area contributed by atoms with Gasteiger partial charge in [-0.1, -0.05) is 17.7 Å². The maximum Gasteiger partial charge on any atom is 0.407 e. The molecule has 0 fully saturated rings. The van der Waals surface area contributed by atoms with E-state index >= 15 is 0 Å². The lowest BCUT2D eigenvalue weighted by molar-refractivity contribution is 0.0527. The minimum atomic E-state index is -0.473. The van der Waals surface area contributed by atoms with Crippen LogP contribution < -0.4 is 20.7 Å². The lowest BCUT2D eigenvalue weighted by atomic mass is 10.2. The zero-order valence-corrected chi connectivity index (χ0v) is 17.9. The average molecular weight is 393 g/mol. The van der Waals surface area contributed by atoms with Crippen molar-refractivity contribution in [1.29, 1.82) is 0 Å². The second kappa shape index (κ2) is 12.9. The highest BCUT2D eigenvalue weighted by Crippen LogP contribution is 2.11. The molecule has 3 N–H and O–H groups in total. The number of aliphatic imine (C=N–C) groups is 1. The second-order valence-electron chi connectivity index (χ2n) is 7.58. The molecular formula is C21H36N4O3. The molecule has 1 amide bonds. The minimum Gasteiger partial charge on any atom is -0.494 e. The zero-order chi connectivity index (χ0) is 20.8. The summed E-state index contributed by atoms with van der Waals surface area (Å²) in [5.74, 6) is 1.67. The fraction of sp³-hybridized carbons (Fsp3) is 0.619. The molecule has 7 nitrogen and oxygen atoms in total. The van der Waals surface area contributed by atoms with Crippen molar-refractivity contribution >= 4 is 12.1 Å². The number of unbranched alkanes of at least 4 members (excludes halogenated alkanes) is 1. The van der Waals surface area contributed by atoms with E-state index in [0.29, 0.717) is 19.7 Å². The van der Waals surface area contributed by atoms with Crippen LogP contribution in [0.1, 0.15) is 45.6 Å². The number of carbonyl (C=O) groups is 1. The number of benzene rings is 1.